The van der Waals surface area contributed by atoms with Gasteiger partial charge in [-0.25, -0.2) is 0 Å². The number of hydrogen-bond donors (Lipinski definition) is 1. The predicted octanol–water partition coefficient (Wildman–Crippen LogP) is 4.02. The van der Waals surface area contributed by atoms with Crippen LogP contribution < -0.4 is 0 Å². The average molecular weight is 246 g/mol. The van der Waals surface area contributed by atoms with Crippen LogP contribution in [0.2, 0.25) is 0 Å². The van der Waals surface area contributed by atoms with E-state index >= 15 is 0 Å². The van der Waals surface area contributed by atoms with Crippen LogP contribution in [0.3, 0.4) is 0 Å². The van der Waals surface area contributed by atoms with Gasteiger partial charge in [0.1, 0.15) is 0 Å². The van der Waals surface area contributed by atoms with Crippen LogP contribution in [0.5, 0.6) is 0 Å². The molecular weight excluding hydrogens is 228 g/mol. The van der Waals surface area contributed by atoms with Gasteiger partial charge in [0.2, 0.25) is 0 Å². The van der Waals surface area contributed by atoms with Crippen LogP contribution in [0.25, 0.3) is 10.8 Å². The van der Waals surface area contributed by atoms with E-state index < -0.39 is 0 Å². The van der Waals surface area contributed by atoms with Crippen LogP contribution in [0.4, 0.5) is 0 Å². The molecule has 1 unspecified atom stereocenters. The van der Waals surface area contributed by atoms with Gasteiger partial charge in [0, 0.05) is 0 Å². The molecule has 0 amide bonds. The number of rotatable bonds is 5. The van der Waals surface area contributed by atoms with E-state index in [9.17, 15) is 5.11 Å². The molecule has 0 fully saturated rings. The van der Waals surface area contributed by atoms with E-state index in [-0.39, 0.29) is 6.10 Å². The lowest BCUT2D eigenvalue weighted by Gasteiger charge is -2.11. The Balaban J connectivity index is 2.12. The average Bonchev–Trinajstić information content (AvgIpc) is 2.38. The largest absolute Gasteiger partial charge is 0.388 e. The third-order valence-electron chi connectivity index (χ3n) is 2.90. The first-order valence-corrected chi connectivity index (χ1v) is 7.21. The maximum Gasteiger partial charge on any atom is 0.0798 e. The van der Waals surface area contributed by atoms with E-state index in [4.69, 9.17) is 0 Å². The van der Waals surface area contributed by atoms with E-state index in [1.54, 1.807) is 0 Å². The van der Waals surface area contributed by atoms with Gasteiger partial charge < -0.3 is 5.11 Å². The van der Waals surface area contributed by atoms with E-state index in [1.165, 1.54) is 10.8 Å². The molecule has 17 heavy (non-hydrogen) atoms. The summed E-state index contributed by atoms with van der Waals surface area (Å²) in [5.41, 5.74) is 1.03. The van der Waals surface area contributed by atoms with E-state index in [2.05, 4.69) is 31.2 Å². The number of benzene rings is 2. The second-order valence-corrected chi connectivity index (χ2v) is 5.50. The molecule has 2 aromatic rings. The molecule has 0 heterocycles. The van der Waals surface area contributed by atoms with E-state index in [0.717, 1.165) is 23.5 Å². The Morgan fingerprint density at radius 1 is 1.12 bits per heavy atom. The van der Waals surface area contributed by atoms with Crippen molar-refractivity contribution in [3.63, 3.8) is 0 Å². The maximum atomic E-state index is 10.1. The lowest BCUT2D eigenvalue weighted by atomic mass is 10.0. The Morgan fingerprint density at radius 2 is 1.88 bits per heavy atom. The summed E-state index contributed by atoms with van der Waals surface area (Å²) in [5, 5.41) is 12.5. The third kappa shape index (κ3) is 3.24. The van der Waals surface area contributed by atoms with Crippen LogP contribution in [0, 0.1) is 0 Å². The van der Waals surface area contributed by atoms with Gasteiger partial charge in [-0.1, -0.05) is 43.3 Å². The van der Waals surface area contributed by atoms with Gasteiger partial charge in [0.15, 0.2) is 0 Å². The summed E-state index contributed by atoms with van der Waals surface area (Å²) in [7, 11) is 0. The maximum absolute atomic E-state index is 10.1. The quantitative estimate of drug-likeness (QED) is 0.804. The summed E-state index contributed by atoms with van der Waals surface area (Å²) in [6.07, 6.45) is 0.496. The van der Waals surface area contributed by atoms with Crippen LogP contribution in [0.1, 0.15) is 25.0 Å². The van der Waals surface area contributed by atoms with Crippen LogP contribution in [-0.4, -0.2) is 16.6 Å². The molecule has 0 aliphatic carbocycles. The molecule has 0 saturated carbocycles. The SMILES string of the molecule is CCSCCC(O)c1ccc2ccccc2c1. The summed E-state index contributed by atoms with van der Waals surface area (Å²) in [6.45, 7) is 2.15. The molecule has 1 N–H and O–H groups in total. The lowest BCUT2D eigenvalue weighted by molar-refractivity contribution is 0.175. The Kier molecular flexibility index (Phi) is 4.46. The number of aliphatic hydroxyl groups excluding tert-OH is 1. The summed E-state index contributed by atoms with van der Waals surface area (Å²) in [4.78, 5) is 0. The zero-order chi connectivity index (χ0) is 12.1. The number of thioether (sulfide) groups is 1. The predicted molar refractivity (Wildman–Crippen MR) is 76.5 cm³/mol. The smallest absolute Gasteiger partial charge is 0.0798 e. The minimum atomic E-state index is -0.335. The van der Waals surface area contributed by atoms with Crippen molar-refractivity contribution in [2.75, 3.05) is 11.5 Å². The molecule has 2 heteroatoms. The van der Waals surface area contributed by atoms with Gasteiger partial charge in [-0.05, 0) is 40.3 Å². The molecule has 0 saturated heterocycles. The van der Waals surface area contributed by atoms with Crippen molar-refractivity contribution in [2.45, 2.75) is 19.4 Å². The third-order valence-corrected chi connectivity index (χ3v) is 3.83. The zero-order valence-corrected chi connectivity index (χ0v) is 10.9. The number of hydrogen-bond acceptors (Lipinski definition) is 2. The number of fused-ring (bicyclic) bond motifs is 1. The van der Waals surface area contributed by atoms with Gasteiger partial charge in [0.25, 0.3) is 0 Å². The Hall–Kier alpha value is -0.990. The van der Waals surface area contributed by atoms with Crippen LogP contribution >= 0.6 is 11.8 Å². The fraction of sp³-hybridized carbons (Fsp3) is 0.333. The van der Waals surface area contributed by atoms with Crippen molar-refractivity contribution in [3.8, 4) is 0 Å². The molecule has 0 radical (unpaired) electrons. The second kappa shape index (κ2) is 6.08. The second-order valence-electron chi connectivity index (χ2n) is 4.11. The first-order chi connectivity index (χ1) is 8.31. The molecular formula is C15H18OS. The summed E-state index contributed by atoms with van der Waals surface area (Å²) < 4.78 is 0. The fourth-order valence-electron chi connectivity index (χ4n) is 1.92. The highest BCUT2D eigenvalue weighted by Gasteiger charge is 2.07. The van der Waals surface area contributed by atoms with Crippen molar-refractivity contribution in [1.82, 2.24) is 0 Å². The molecule has 2 aromatic carbocycles. The monoisotopic (exact) mass is 246 g/mol. The molecule has 0 bridgehead atoms. The topological polar surface area (TPSA) is 20.2 Å². The van der Waals surface area contributed by atoms with Crippen LogP contribution in [0.15, 0.2) is 42.5 Å². The zero-order valence-electron chi connectivity index (χ0n) is 10.1. The van der Waals surface area contributed by atoms with Crippen molar-refractivity contribution < 1.29 is 5.11 Å². The van der Waals surface area contributed by atoms with Crippen molar-refractivity contribution in [1.29, 1.82) is 0 Å². The Bertz CT molecular complexity index is 481. The summed E-state index contributed by atoms with van der Waals surface area (Å²) in [5.74, 6) is 2.13. The molecule has 0 aromatic heterocycles. The molecule has 2 rings (SSSR count). The van der Waals surface area contributed by atoms with Crippen molar-refractivity contribution >= 4 is 22.5 Å². The van der Waals surface area contributed by atoms with Gasteiger partial charge in [-0.15, -0.1) is 0 Å². The van der Waals surface area contributed by atoms with Crippen LogP contribution in [-0.2, 0) is 0 Å². The summed E-state index contributed by atoms with van der Waals surface area (Å²) >= 11 is 1.87. The molecule has 0 aliphatic heterocycles. The standard InChI is InChI=1S/C15H18OS/c1-2-17-10-9-15(16)14-8-7-12-5-3-4-6-13(12)11-14/h3-8,11,15-16H,2,9-10H2,1H3. The highest BCUT2D eigenvalue weighted by molar-refractivity contribution is 7.99. The molecule has 90 valence electrons. The molecule has 1 atom stereocenters. The molecule has 1 nitrogen and oxygen atoms in total. The Morgan fingerprint density at radius 3 is 2.65 bits per heavy atom. The molecule has 0 aliphatic rings. The van der Waals surface area contributed by atoms with E-state index in [0.29, 0.717) is 0 Å². The minimum absolute atomic E-state index is 0.335. The first kappa shape index (κ1) is 12.5. The highest BCUT2D eigenvalue weighted by atomic mass is 32.2. The van der Waals surface area contributed by atoms with Gasteiger partial charge in [0.05, 0.1) is 6.10 Å². The Labute approximate surface area is 107 Å². The molecule has 0 spiro atoms. The van der Waals surface area contributed by atoms with Crippen molar-refractivity contribution in [3.05, 3.63) is 48.0 Å². The first-order valence-electron chi connectivity index (χ1n) is 6.05. The van der Waals surface area contributed by atoms with E-state index in [1.807, 2.05) is 30.0 Å². The van der Waals surface area contributed by atoms with Gasteiger partial charge in [-0.3, -0.25) is 0 Å². The van der Waals surface area contributed by atoms with Gasteiger partial charge in [-0.2, -0.15) is 11.8 Å². The number of aliphatic hydroxyl groups is 1. The van der Waals surface area contributed by atoms with Gasteiger partial charge >= 0.3 is 0 Å². The fourth-order valence-corrected chi connectivity index (χ4v) is 2.60. The van der Waals surface area contributed by atoms with Crippen molar-refractivity contribution in [2.24, 2.45) is 0 Å². The minimum Gasteiger partial charge on any atom is -0.388 e. The lowest BCUT2D eigenvalue weighted by Crippen LogP contribution is -1.99. The normalized spacial score (nSPS) is 12.8. The summed E-state index contributed by atoms with van der Waals surface area (Å²) in [6, 6.07) is 14.5. The highest BCUT2D eigenvalue weighted by Crippen LogP contribution is 2.23.